The predicted octanol–water partition coefficient (Wildman–Crippen LogP) is 3.96. The number of amides is 3. The molecular weight excluding hydrogens is 430 g/mol. The quantitative estimate of drug-likeness (QED) is 0.674. The SMILES string of the molecule is O=C(Nc1ccccc1C(=O)N1CCCCC1)C1CCN(C(=O)CCOc2ccccc2)CC1. The summed E-state index contributed by atoms with van der Waals surface area (Å²) in [6.45, 7) is 2.98. The minimum absolute atomic E-state index is 0.0197. The molecule has 2 aromatic carbocycles. The van der Waals surface area contributed by atoms with E-state index >= 15 is 0 Å². The molecule has 34 heavy (non-hydrogen) atoms. The summed E-state index contributed by atoms with van der Waals surface area (Å²) in [7, 11) is 0. The highest BCUT2D eigenvalue weighted by atomic mass is 16.5. The summed E-state index contributed by atoms with van der Waals surface area (Å²) in [6.07, 6.45) is 4.74. The Morgan fingerprint density at radius 1 is 0.824 bits per heavy atom. The van der Waals surface area contributed by atoms with Crippen LogP contribution < -0.4 is 10.1 Å². The van der Waals surface area contributed by atoms with Gasteiger partial charge in [-0.05, 0) is 56.4 Å². The molecule has 180 valence electrons. The van der Waals surface area contributed by atoms with Crippen LogP contribution in [0.3, 0.4) is 0 Å². The molecule has 0 bridgehead atoms. The van der Waals surface area contributed by atoms with Gasteiger partial charge in [0.05, 0.1) is 24.3 Å². The number of hydrogen-bond acceptors (Lipinski definition) is 4. The van der Waals surface area contributed by atoms with Crippen molar-refractivity contribution in [3.8, 4) is 5.75 Å². The van der Waals surface area contributed by atoms with Gasteiger partial charge in [-0.25, -0.2) is 0 Å². The molecule has 2 heterocycles. The van der Waals surface area contributed by atoms with Crippen molar-refractivity contribution in [2.75, 3.05) is 38.1 Å². The second-order valence-corrected chi connectivity index (χ2v) is 8.95. The number of para-hydroxylation sites is 2. The first kappa shape index (κ1) is 23.8. The minimum atomic E-state index is -0.178. The number of anilines is 1. The third-order valence-electron chi connectivity index (χ3n) is 6.60. The smallest absolute Gasteiger partial charge is 0.255 e. The van der Waals surface area contributed by atoms with Crippen molar-refractivity contribution >= 4 is 23.4 Å². The van der Waals surface area contributed by atoms with Gasteiger partial charge >= 0.3 is 0 Å². The van der Waals surface area contributed by atoms with Gasteiger partial charge in [0.25, 0.3) is 5.91 Å². The van der Waals surface area contributed by atoms with Gasteiger partial charge in [0.15, 0.2) is 0 Å². The number of ether oxygens (including phenoxy) is 1. The molecule has 0 atom stereocenters. The zero-order valence-corrected chi connectivity index (χ0v) is 19.6. The van der Waals surface area contributed by atoms with Crippen molar-refractivity contribution in [2.24, 2.45) is 5.92 Å². The lowest BCUT2D eigenvalue weighted by Crippen LogP contribution is -2.42. The van der Waals surface area contributed by atoms with Gasteiger partial charge in [-0.3, -0.25) is 14.4 Å². The van der Waals surface area contributed by atoms with Crippen molar-refractivity contribution in [2.45, 2.75) is 38.5 Å². The number of benzene rings is 2. The predicted molar refractivity (Wildman–Crippen MR) is 131 cm³/mol. The molecule has 2 aliphatic heterocycles. The maximum Gasteiger partial charge on any atom is 0.255 e. The van der Waals surface area contributed by atoms with E-state index in [1.165, 1.54) is 0 Å². The normalized spacial score (nSPS) is 16.7. The highest BCUT2D eigenvalue weighted by molar-refractivity contribution is 6.04. The molecular formula is C27H33N3O4. The van der Waals surface area contributed by atoms with E-state index in [0.717, 1.165) is 38.1 Å². The molecule has 0 aromatic heterocycles. The van der Waals surface area contributed by atoms with Crippen molar-refractivity contribution in [1.82, 2.24) is 9.80 Å². The Labute approximate surface area is 201 Å². The average Bonchev–Trinajstić information content (AvgIpc) is 2.90. The van der Waals surface area contributed by atoms with Crippen LogP contribution in [0.2, 0.25) is 0 Å². The number of nitrogens with zero attached hydrogens (tertiary/aromatic N) is 2. The van der Waals surface area contributed by atoms with Gasteiger partial charge in [-0.15, -0.1) is 0 Å². The summed E-state index contributed by atoms with van der Waals surface area (Å²) in [4.78, 5) is 42.2. The Morgan fingerprint density at radius 2 is 1.50 bits per heavy atom. The number of nitrogens with one attached hydrogen (secondary N) is 1. The topological polar surface area (TPSA) is 79.0 Å². The molecule has 2 aromatic rings. The molecule has 7 heteroatoms. The second-order valence-electron chi connectivity index (χ2n) is 8.95. The van der Waals surface area contributed by atoms with E-state index in [0.29, 0.717) is 50.2 Å². The van der Waals surface area contributed by atoms with Crippen molar-refractivity contribution in [3.05, 3.63) is 60.2 Å². The van der Waals surface area contributed by atoms with E-state index in [-0.39, 0.29) is 23.6 Å². The molecule has 0 radical (unpaired) electrons. The number of rotatable bonds is 7. The molecule has 0 spiro atoms. The van der Waals surface area contributed by atoms with Gasteiger partial charge in [-0.2, -0.15) is 0 Å². The first-order valence-electron chi connectivity index (χ1n) is 12.3. The van der Waals surface area contributed by atoms with Gasteiger partial charge < -0.3 is 19.9 Å². The van der Waals surface area contributed by atoms with Gasteiger partial charge in [0.1, 0.15) is 5.75 Å². The largest absolute Gasteiger partial charge is 0.493 e. The van der Waals surface area contributed by atoms with Crippen LogP contribution in [-0.4, -0.2) is 60.3 Å². The fourth-order valence-electron chi connectivity index (χ4n) is 4.60. The van der Waals surface area contributed by atoms with Crippen LogP contribution in [0, 0.1) is 5.92 Å². The van der Waals surface area contributed by atoms with Gasteiger partial charge in [0.2, 0.25) is 11.8 Å². The fourth-order valence-corrected chi connectivity index (χ4v) is 4.60. The minimum Gasteiger partial charge on any atom is -0.493 e. The van der Waals surface area contributed by atoms with Crippen molar-refractivity contribution < 1.29 is 19.1 Å². The number of carbonyl (C=O) groups excluding carboxylic acids is 3. The number of piperidine rings is 2. The third-order valence-corrected chi connectivity index (χ3v) is 6.60. The molecule has 0 unspecified atom stereocenters. The summed E-state index contributed by atoms with van der Waals surface area (Å²) < 4.78 is 5.62. The first-order chi connectivity index (χ1) is 16.6. The molecule has 1 N–H and O–H groups in total. The first-order valence-corrected chi connectivity index (χ1v) is 12.3. The van der Waals surface area contributed by atoms with E-state index in [1.807, 2.05) is 52.3 Å². The molecule has 0 aliphatic carbocycles. The Morgan fingerprint density at radius 3 is 2.24 bits per heavy atom. The molecule has 3 amide bonds. The zero-order chi connectivity index (χ0) is 23.8. The average molecular weight is 464 g/mol. The van der Waals surface area contributed by atoms with Crippen LogP contribution in [0.1, 0.15) is 48.9 Å². The monoisotopic (exact) mass is 463 g/mol. The fraction of sp³-hybridized carbons (Fsp3) is 0.444. The van der Waals surface area contributed by atoms with Crippen LogP contribution in [0.4, 0.5) is 5.69 Å². The van der Waals surface area contributed by atoms with E-state index in [4.69, 9.17) is 4.74 Å². The van der Waals surface area contributed by atoms with Crippen molar-refractivity contribution in [3.63, 3.8) is 0 Å². The second kappa shape index (κ2) is 11.7. The zero-order valence-electron chi connectivity index (χ0n) is 19.6. The standard InChI is InChI=1S/C27H33N3O4/c31-25(15-20-34-22-9-3-1-4-10-22)29-18-13-21(14-19-29)26(32)28-24-12-6-5-11-23(24)27(33)30-16-7-2-8-17-30/h1,3-6,9-12,21H,2,7-8,13-20H2,(H,28,32). The number of likely N-dealkylation sites (tertiary alicyclic amines) is 2. The lowest BCUT2D eigenvalue weighted by atomic mass is 9.95. The third kappa shape index (κ3) is 6.16. The Balaban J connectivity index is 1.25. The highest BCUT2D eigenvalue weighted by Crippen LogP contribution is 2.24. The van der Waals surface area contributed by atoms with Gasteiger partial charge in [0, 0.05) is 32.1 Å². The van der Waals surface area contributed by atoms with Gasteiger partial charge in [-0.1, -0.05) is 30.3 Å². The molecule has 2 fully saturated rings. The van der Waals surface area contributed by atoms with Crippen LogP contribution in [-0.2, 0) is 9.59 Å². The number of carbonyl (C=O) groups is 3. The summed E-state index contributed by atoms with van der Waals surface area (Å²) in [6, 6.07) is 16.7. The Bertz CT molecular complexity index is 980. The summed E-state index contributed by atoms with van der Waals surface area (Å²) in [5, 5.41) is 2.99. The van der Waals surface area contributed by atoms with Crippen molar-refractivity contribution in [1.29, 1.82) is 0 Å². The lowest BCUT2D eigenvalue weighted by Gasteiger charge is -2.31. The summed E-state index contributed by atoms with van der Waals surface area (Å²) in [5.41, 5.74) is 1.11. The molecule has 2 aliphatic rings. The Hall–Kier alpha value is -3.35. The number of hydrogen-bond donors (Lipinski definition) is 1. The molecule has 7 nitrogen and oxygen atoms in total. The maximum atomic E-state index is 13.0. The van der Waals surface area contributed by atoms with E-state index < -0.39 is 0 Å². The van der Waals surface area contributed by atoms with E-state index in [1.54, 1.807) is 12.1 Å². The van der Waals surface area contributed by atoms with Crippen LogP contribution in [0.25, 0.3) is 0 Å². The molecule has 2 saturated heterocycles. The molecule has 4 rings (SSSR count). The summed E-state index contributed by atoms with van der Waals surface area (Å²) >= 11 is 0. The Kier molecular flexibility index (Phi) is 8.17. The summed E-state index contributed by atoms with van der Waals surface area (Å²) in [5.74, 6) is 0.520. The van der Waals surface area contributed by atoms with Crippen LogP contribution in [0.15, 0.2) is 54.6 Å². The van der Waals surface area contributed by atoms with E-state index in [9.17, 15) is 14.4 Å². The van der Waals surface area contributed by atoms with Crippen LogP contribution >= 0.6 is 0 Å². The lowest BCUT2D eigenvalue weighted by molar-refractivity contribution is -0.135. The maximum absolute atomic E-state index is 13.0. The van der Waals surface area contributed by atoms with Crippen LogP contribution in [0.5, 0.6) is 5.75 Å². The molecule has 0 saturated carbocycles. The highest BCUT2D eigenvalue weighted by Gasteiger charge is 2.28. The van der Waals surface area contributed by atoms with E-state index in [2.05, 4.69) is 5.32 Å².